The summed E-state index contributed by atoms with van der Waals surface area (Å²) in [5.74, 6) is 2.73. The summed E-state index contributed by atoms with van der Waals surface area (Å²) in [6, 6.07) is 0. The molecule has 4 aliphatic carbocycles. The molecule has 34 heavy (non-hydrogen) atoms. The van der Waals surface area contributed by atoms with Crippen LogP contribution in [-0.2, 0) is 23.9 Å². The number of ketones is 1. The zero-order chi connectivity index (χ0) is 24.8. The minimum Gasteiger partial charge on any atom is -0.469 e. The molecule has 0 N–H and O–H groups in total. The maximum atomic E-state index is 14.2. The van der Waals surface area contributed by atoms with Crippen LogP contribution < -0.4 is 0 Å². The van der Waals surface area contributed by atoms with Gasteiger partial charge in [-0.3, -0.25) is 14.4 Å². The Balaban J connectivity index is 1.57. The van der Waals surface area contributed by atoms with Gasteiger partial charge in [0, 0.05) is 25.2 Å². The molecule has 0 aromatic heterocycles. The summed E-state index contributed by atoms with van der Waals surface area (Å²) in [5.41, 5.74) is 0.342. The molecule has 4 rings (SSSR count). The van der Waals surface area contributed by atoms with Gasteiger partial charge in [0.05, 0.1) is 7.11 Å². The quantitative estimate of drug-likeness (QED) is 0.443. The van der Waals surface area contributed by atoms with Crippen LogP contribution in [0.2, 0.25) is 0 Å². The number of methoxy groups -OCH3 is 1. The molecule has 0 aromatic rings. The summed E-state index contributed by atoms with van der Waals surface area (Å²) in [5, 5.41) is 0. The van der Waals surface area contributed by atoms with Gasteiger partial charge in [-0.05, 0) is 98.2 Å². The van der Waals surface area contributed by atoms with Crippen molar-refractivity contribution in [1.82, 2.24) is 0 Å². The fourth-order valence-corrected chi connectivity index (χ4v) is 9.59. The molecule has 0 aliphatic heterocycles. The Hall–Kier alpha value is -1.39. The highest BCUT2D eigenvalue weighted by atomic mass is 16.5. The standard InChI is InChI=1S/C29H46O5/c1-7-20-24-16-19(34-18(3)30)12-14-29(24,5)23-13-15-28(4)21(17(2)8-11-25(31)33-6)9-10-22(28)26(23)27(20)32/h17,19-24,26H,7-16H2,1-6H3/t17?,19-,20-,21?,22?,23?,24+,26?,28-,29-/m1/s1. The highest BCUT2D eigenvalue weighted by Gasteiger charge is 2.65. The van der Waals surface area contributed by atoms with E-state index in [0.29, 0.717) is 41.8 Å². The van der Waals surface area contributed by atoms with Crippen LogP contribution in [0.3, 0.4) is 0 Å². The molecule has 192 valence electrons. The number of carbonyl (C=O) groups is 3. The summed E-state index contributed by atoms with van der Waals surface area (Å²) >= 11 is 0. The maximum Gasteiger partial charge on any atom is 0.305 e. The number of esters is 2. The minimum atomic E-state index is -0.201. The van der Waals surface area contributed by atoms with Crippen LogP contribution >= 0.6 is 0 Å². The fourth-order valence-electron chi connectivity index (χ4n) is 9.59. The Morgan fingerprint density at radius 2 is 1.71 bits per heavy atom. The summed E-state index contributed by atoms with van der Waals surface area (Å²) < 4.78 is 10.5. The van der Waals surface area contributed by atoms with Crippen molar-refractivity contribution in [1.29, 1.82) is 0 Å². The van der Waals surface area contributed by atoms with E-state index in [1.165, 1.54) is 26.9 Å². The van der Waals surface area contributed by atoms with Crippen LogP contribution in [0, 0.1) is 52.3 Å². The molecule has 0 amide bonds. The van der Waals surface area contributed by atoms with Crippen LogP contribution in [0.1, 0.15) is 98.8 Å². The van der Waals surface area contributed by atoms with E-state index >= 15 is 0 Å². The van der Waals surface area contributed by atoms with Crippen molar-refractivity contribution < 1.29 is 23.9 Å². The SMILES string of the molecule is CC[C@H]1C(=O)C2C3CCC(C(C)CCC(=O)OC)[C@@]3(C)CCC2[C@@]2(C)CC[C@@H](OC(C)=O)C[C@@H]12. The largest absolute Gasteiger partial charge is 0.469 e. The van der Waals surface area contributed by atoms with Crippen molar-refractivity contribution in [3.63, 3.8) is 0 Å². The zero-order valence-corrected chi connectivity index (χ0v) is 22.2. The normalized spacial score (nSPS) is 44.4. The lowest BCUT2D eigenvalue weighted by atomic mass is 9.42. The van der Waals surface area contributed by atoms with Crippen molar-refractivity contribution in [2.45, 2.75) is 105 Å². The Kier molecular flexibility index (Phi) is 7.24. The van der Waals surface area contributed by atoms with Crippen molar-refractivity contribution in [2.75, 3.05) is 7.11 Å². The van der Waals surface area contributed by atoms with E-state index in [0.717, 1.165) is 44.9 Å². The van der Waals surface area contributed by atoms with Crippen molar-refractivity contribution in [3.05, 3.63) is 0 Å². The molecule has 0 spiro atoms. The average Bonchev–Trinajstić information content (AvgIpc) is 3.15. The number of Topliss-reactive ketones (excluding diaryl/α,β-unsaturated/α-hetero) is 1. The number of rotatable bonds is 6. The van der Waals surface area contributed by atoms with E-state index in [1.54, 1.807) is 0 Å². The average molecular weight is 475 g/mol. The van der Waals surface area contributed by atoms with Gasteiger partial charge in [-0.25, -0.2) is 0 Å². The Morgan fingerprint density at radius 1 is 1.03 bits per heavy atom. The molecule has 0 saturated heterocycles. The zero-order valence-electron chi connectivity index (χ0n) is 22.2. The lowest BCUT2D eigenvalue weighted by Crippen LogP contribution is -2.60. The third-order valence-corrected chi connectivity index (χ3v) is 11.2. The number of ether oxygens (including phenoxy) is 2. The van der Waals surface area contributed by atoms with Gasteiger partial charge in [0.15, 0.2) is 0 Å². The third-order valence-electron chi connectivity index (χ3n) is 11.2. The van der Waals surface area contributed by atoms with Gasteiger partial charge < -0.3 is 9.47 Å². The highest BCUT2D eigenvalue weighted by Crippen LogP contribution is 2.68. The van der Waals surface area contributed by atoms with E-state index < -0.39 is 0 Å². The summed E-state index contributed by atoms with van der Waals surface area (Å²) in [4.78, 5) is 37.5. The van der Waals surface area contributed by atoms with E-state index in [9.17, 15) is 14.4 Å². The van der Waals surface area contributed by atoms with Gasteiger partial charge >= 0.3 is 11.9 Å². The number of hydrogen-bond donors (Lipinski definition) is 0. The first-order valence-electron chi connectivity index (χ1n) is 13.8. The third kappa shape index (κ3) is 4.13. The van der Waals surface area contributed by atoms with Crippen molar-refractivity contribution in [3.8, 4) is 0 Å². The van der Waals surface area contributed by atoms with E-state index in [2.05, 4.69) is 27.7 Å². The van der Waals surface area contributed by atoms with Crippen LogP contribution in [-0.4, -0.2) is 30.9 Å². The fraction of sp³-hybridized carbons (Fsp3) is 0.897. The topological polar surface area (TPSA) is 69.7 Å². The molecule has 5 heteroatoms. The van der Waals surface area contributed by atoms with Crippen LogP contribution in [0.5, 0.6) is 0 Å². The van der Waals surface area contributed by atoms with Crippen LogP contribution in [0.4, 0.5) is 0 Å². The van der Waals surface area contributed by atoms with Crippen molar-refractivity contribution >= 4 is 17.7 Å². The first-order valence-corrected chi connectivity index (χ1v) is 13.8. The lowest BCUT2D eigenvalue weighted by molar-refractivity contribution is -0.178. The first kappa shape index (κ1) is 25.7. The second kappa shape index (κ2) is 9.58. The predicted molar refractivity (Wildman–Crippen MR) is 131 cm³/mol. The predicted octanol–water partition coefficient (Wildman–Crippen LogP) is 5.98. The molecule has 0 radical (unpaired) electrons. The molecular weight excluding hydrogens is 428 g/mol. The maximum absolute atomic E-state index is 14.2. The van der Waals surface area contributed by atoms with Gasteiger partial charge in [-0.1, -0.05) is 27.7 Å². The molecular formula is C29H46O5. The van der Waals surface area contributed by atoms with Gasteiger partial charge in [0.25, 0.3) is 0 Å². The van der Waals surface area contributed by atoms with E-state index in [4.69, 9.17) is 9.47 Å². The molecule has 0 aromatic carbocycles. The van der Waals surface area contributed by atoms with E-state index in [-0.39, 0.29) is 40.7 Å². The van der Waals surface area contributed by atoms with Gasteiger partial charge in [-0.2, -0.15) is 0 Å². The van der Waals surface area contributed by atoms with Crippen molar-refractivity contribution in [2.24, 2.45) is 52.3 Å². The Bertz CT molecular complexity index is 806. The molecule has 0 heterocycles. The monoisotopic (exact) mass is 474 g/mol. The molecule has 4 fully saturated rings. The van der Waals surface area contributed by atoms with Crippen LogP contribution in [0.15, 0.2) is 0 Å². The second-order valence-corrected chi connectivity index (χ2v) is 12.6. The first-order chi connectivity index (χ1) is 16.1. The smallest absolute Gasteiger partial charge is 0.305 e. The van der Waals surface area contributed by atoms with Crippen LogP contribution in [0.25, 0.3) is 0 Å². The Morgan fingerprint density at radius 3 is 2.35 bits per heavy atom. The second-order valence-electron chi connectivity index (χ2n) is 12.6. The summed E-state index contributed by atoms with van der Waals surface area (Å²) in [6.45, 7) is 10.9. The number of hydrogen-bond acceptors (Lipinski definition) is 5. The van der Waals surface area contributed by atoms with Gasteiger partial charge in [0.1, 0.15) is 11.9 Å². The number of carbonyl (C=O) groups excluding carboxylic acids is 3. The van der Waals surface area contributed by atoms with Gasteiger partial charge in [0.2, 0.25) is 0 Å². The summed E-state index contributed by atoms with van der Waals surface area (Å²) in [6.07, 6.45) is 9.67. The molecule has 4 aliphatic rings. The molecule has 5 nitrogen and oxygen atoms in total. The molecule has 4 saturated carbocycles. The Labute approximate surface area is 206 Å². The molecule has 0 bridgehead atoms. The number of fused-ring (bicyclic) bond motifs is 5. The van der Waals surface area contributed by atoms with E-state index in [1.807, 2.05) is 0 Å². The highest BCUT2D eigenvalue weighted by molar-refractivity contribution is 5.86. The summed E-state index contributed by atoms with van der Waals surface area (Å²) in [7, 11) is 1.47. The minimum absolute atomic E-state index is 0.0330. The van der Waals surface area contributed by atoms with Gasteiger partial charge in [-0.15, -0.1) is 0 Å². The molecule has 10 atom stereocenters. The lowest BCUT2D eigenvalue weighted by Gasteiger charge is -2.62. The molecule has 5 unspecified atom stereocenters.